The van der Waals surface area contributed by atoms with Crippen molar-refractivity contribution in [1.29, 1.82) is 0 Å². The molecule has 2 saturated heterocycles. The Morgan fingerprint density at radius 1 is 1.28 bits per heavy atom. The summed E-state index contributed by atoms with van der Waals surface area (Å²) >= 11 is 1.61. The minimum absolute atomic E-state index is 0.0233. The standard InChI is InChI=1S/C22H26FN3O2S/c1-16-24-18(14-29-16)13-26-15-22(12-21(26)28)8-10-25(11-9-22)20(27)7-6-17-4-2-3-5-19(17)23/h2-5,14H,6-13,15H2,1H3. The molecule has 2 aliphatic heterocycles. The summed E-state index contributed by atoms with van der Waals surface area (Å²) in [6.45, 7) is 4.65. The van der Waals surface area contributed by atoms with Gasteiger partial charge in [0, 0.05) is 43.3 Å². The maximum absolute atomic E-state index is 13.7. The van der Waals surface area contributed by atoms with Crippen molar-refractivity contribution in [2.75, 3.05) is 19.6 Å². The van der Waals surface area contributed by atoms with Crippen LogP contribution in [0.25, 0.3) is 0 Å². The molecule has 0 radical (unpaired) electrons. The highest BCUT2D eigenvalue weighted by molar-refractivity contribution is 7.09. The predicted octanol–water partition coefficient (Wildman–Crippen LogP) is 3.56. The number of benzene rings is 1. The second-order valence-corrected chi connectivity index (χ2v) is 9.32. The Labute approximate surface area is 174 Å². The largest absolute Gasteiger partial charge is 0.343 e. The molecule has 0 atom stereocenters. The van der Waals surface area contributed by atoms with E-state index in [2.05, 4.69) is 4.98 Å². The van der Waals surface area contributed by atoms with Crippen LogP contribution in [0.1, 0.15) is 41.9 Å². The van der Waals surface area contributed by atoms with E-state index in [9.17, 15) is 14.0 Å². The van der Waals surface area contributed by atoms with Crippen LogP contribution < -0.4 is 0 Å². The zero-order valence-corrected chi connectivity index (χ0v) is 17.5. The molecule has 7 heteroatoms. The lowest BCUT2D eigenvalue weighted by atomic mass is 9.77. The van der Waals surface area contributed by atoms with Crippen LogP contribution in [0.4, 0.5) is 4.39 Å². The van der Waals surface area contributed by atoms with Crippen LogP contribution in [0.5, 0.6) is 0 Å². The number of nitrogens with zero attached hydrogens (tertiary/aromatic N) is 3. The van der Waals surface area contributed by atoms with Gasteiger partial charge in [-0.15, -0.1) is 11.3 Å². The van der Waals surface area contributed by atoms with Gasteiger partial charge in [0.1, 0.15) is 5.82 Å². The first-order valence-corrected chi connectivity index (χ1v) is 11.0. The van der Waals surface area contributed by atoms with Gasteiger partial charge in [-0.1, -0.05) is 18.2 Å². The summed E-state index contributed by atoms with van der Waals surface area (Å²) in [5, 5.41) is 3.04. The van der Waals surface area contributed by atoms with Crippen molar-refractivity contribution < 1.29 is 14.0 Å². The molecule has 2 aliphatic rings. The average molecular weight is 416 g/mol. The number of piperidine rings is 1. The molecule has 1 aromatic heterocycles. The van der Waals surface area contributed by atoms with E-state index in [1.807, 2.05) is 22.1 Å². The van der Waals surface area contributed by atoms with Gasteiger partial charge in [-0.2, -0.15) is 0 Å². The average Bonchev–Trinajstić information content (AvgIpc) is 3.24. The number of amides is 2. The van der Waals surface area contributed by atoms with Crippen molar-refractivity contribution in [3.05, 3.63) is 51.7 Å². The summed E-state index contributed by atoms with van der Waals surface area (Å²) in [6, 6.07) is 6.62. The van der Waals surface area contributed by atoms with Crippen molar-refractivity contribution in [1.82, 2.24) is 14.8 Å². The molecule has 154 valence electrons. The number of hydrogen-bond donors (Lipinski definition) is 0. The zero-order valence-electron chi connectivity index (χ0n) is 16.7. The highest BCUT2D eigenvalue weighted by Crippen LogP contribution is 2.41. The lowest BCUT2D eigenvalue weighted by molar-refractivity contribution is -0.133. The van der Waals surface area contributed by atoms with E-state index in [0.29, 0.717) is 44.5 Å². The van der Waals surface area contributed by atoms with E-state index >= 15 is 0 Å². The van der Waals surface area contributed by atoms with Crippen molar-refractivity contribution in [2.24, 2.45) is 5.41 Å². The van der Waals surface area contributed by atoms with Gasteiger partial charge in [0.15, 0.2) is 0 Å². The first kappa shape index (κ1) is 20.0. The van der Waals surface area contributed by atoms with Crippen molar-refractivity contribution in [3.63, 3.8) is 0 Å². The van der Waals surface area contributed by atoms with Gasteiger partial charge in [0.05, 0.1) is 17.2 Å². The second kappa shape index (κ2) is 8.22. The Morgan fingerprint density at radius 3 is 2.72 bits per heavy atom. The Morgan fingerprint density at radius 2 is 2.03 bits per heavy atom. The fourth-order valence-electron chi connectivity index (χ4n) is 4.47. The molecule has 1 aromatic carbocycles. The fourth-order valence-corrected chi connectivity index (χ4v) is 5.07. The van der Waals surface area contributed by atoms with E-state index in [1.54, 1.807) is 29.5 Å². The number of carbonyl (C=O) groups excluding carboxylic acids is 2. The lowest BCUT2D eigenvalue weighted by Crippen LogP contribution is -2.44. The molecule has 0 N–H and O–H groups in total. The molecule has 5 nitrogen and oxygen atoms in total. The number of aromatic nitrogens is 1. The maximum atomic E-state index is 13.7. The summed E-state index contributed by atoms with van der Waals surface area (Å²) in [4.78, 5) is 33.4. The first-order valence-electron chi connectivity index (χ1n) is 10.1. The van der Waals surface area contributed by atoms with E-state index in [1.165, 1.54) is 6.07 Å². The summed E-state index contributed by atoms with van der Waals surface area (Å²) in [7, 11) is 0. The number of hydrogen-bond acceptors (Lipinski definition) is 4. The van der Waals surface area contributed by atoms with Crippen LogP contribution in [0.3, 0.4) is 0 Å². The van der Waals surface area contributed by atoms with Crippen LogP contribution in [0, 0.1) is 18.2 Å². The quantitative estimate of drug-likeness (QED) is 0.750. The third kappa shape index (κ3) is 4.50. The smallest absolute Gasteiger partial charge is 0.223 e. The molecular formula is C22H26FN3O2S. The van der Waals surface area contributed by atoms with E-state index in [-0.39, 0.29) is 23.0 Å². The van der Waals surface area contributed by atoms with Gasteiger partial charge in [0.2, 0.25) is 11.8 Å². The highest BCUT2D eigenvalue weighted by atomic mass is 32.1. The van der Waals surface area contributed by atoms with Crippen LogP contribution in [0.15, 0.2) is 29.6 Å². The number of likely N-dealkylation sites (tertiary alicyclic amines) is 2. The van der Waals surface area contributed by atoms with E-state index in [4.69, 9.17) is 0 Å². The topological polar surface area (TPSA) is 53.5 Å². The van der Waals surface area contributed by atoms with Gasteiger partial charge in [-0.25, -0.2) is 9.37 Å². The first-order chi connectivity index (χ1) is 13.9. The van der Waals surface area contributed by atoms with Crippen LogP contribution in [-0.2, 0) is 22.6 Å². The molecule has 29 heavy (non-hydrogen) atoms. The van der Waals surface area contributed by atoms with E-state index < -0.39 is 0 Å². The number of aryl methyl sites for hydroxylation is 2. The summed E-state index contributed by atoms with van der Waals surface area (Å²) in [5.41, 5.74) is 1.52. The minimum Gasteiger partial charge on any atom is -0.343 e. The van der Waals surface area contributed by atoms with Crippen molar-refractivity contribution in [3.8, 4) is 0 Å². The zero-order chi connectivity index (χ0) is 20.4. The van der Waals surface area contributed by atoms with Gasteiger partial charge in [-0.3, -0.25) is 9.59 Å². The number of rotatable bonds is 5. The summed E-state index contributed by atoms with van der Waals surface area (Å²) < 4.78 is 13.7. The Kier molecular flexibility index (Phi) is 5.67. The monoisotopic (exact) mass is 415 g/mol. The molecule has 0 bridgehead atoms. The molecule has 0 saturated carbocycles. The molecule has 1 spiro atoms. The molecule has 0 unspecified atom stereocenters. The molecule has 2 aromatic rings. The molecule has 2 amide bonds. The Bertz CT molecular complexity index is 905. The molecule has 0 aliphatic carbocycles. The Hall–Kier alpha value is -2.28. The molecule has 3 heterocycles. The third-order valence-corrected chi connectivity index (χ3v) is 6.99. The van der Waals surface area contributed by atoms with Gasteiger partial charge in [-0.05, 0) is 37.8 Å². The van der Waals surface area contributed by atoms with Crippen molar-refractivity contribution >= 4 is 23.2 Å². The van der Waals surface area contributed by atoms with Gasteiger partial charge >= 0.3 is 0 Å². The Balaban J connectivity index is 1.29. The maximum Gasteiger partial charge on any atom is 0.223 e. The fraction of sp³-hybridized carbons (Fsp3) is 0.500. The lowest BCUT2D eigenvalue weighted by Gasteiger charge is -2.38. The third-order valence-electron chi connectivity index (χ3n) is 6.17. The van der Waals surface area contributed by atoms with Crippen LogP contribution in [0.2, 0.25) is 0 Å². The normalized spacial score (nSPS) is 18.6. The predicted molar refractivity (Wildman–Crippen MR) is 110 cm³/mol. The SMILES string of the molecule is Cc1nc(CN2CC3(CCN(C(=O)CCc4ccccc4F)CC3)CC2=O)cs1. The molecular weight excluding hydrogens is 389 g/mol. The minimum atomic E-state index is -0.252. The summed E-state index contributed by atoms with van der Waals surface area (Å²) in [5.74, 6) is 0.00924. The molecule has 4 rings (SSSR count). The van der Waals surface area contributed by atoms with Gasteiger partial charge < -0.3 is 9.80 Å². The van der Waals surface area contributed by atoms with Crippen molar-refractivity contribution in [2.45, 2.75) is 45.6 Å². The second-order valence-electron chi connectivity index (χ2n) is 8.26. The van der Waals surface area contributed by atoms with Crippen LogP contribution >= 0.6 is 11.3 Å². The number of carbonyl (C=O) groups is 2. The van der Waals surface area contributed by atoms with Crippen LogP contribution in [-0.4, -0.2) is 46.2 Å². The van der Waals surface area contributed by atoms with E-state index in [0.717, 1.165) is 30.1 Å². The molecule has 2 fully saturated rings. The number of halogens is 1. The number of thiazole rings is 1. The summed E-state index contributed by atoms with van der Waals surface area (Å²) in [6.07, 6.45) is 3.00. The highest BCUT2D eigenvalue weighted by Gasteiger charge is 2.45. The van der Waals surface area contributed by atoms with Gasteiger partial charge in [0.25, 0.3) is 0 Å².